The van der Waals surface area contributed by atoms with Crippen LogP contribution in [0.4, 0.5) is 5.13 Å². The molecule has 3 aromatic heterocycles. The van der Waals surface area contributed by atoms with Crippen LogP contribution < -0.4 is 9.64 Å². The smallest absolute Gasteiger partial charge is 0.227 e. The average molecular weight is 451 g/mol. The summed E-state index contributed by atoms with van der Waals surface area (Å²) in [6.07, 6.45) is 2.55. The SMILES string of the molecule is COc1ccc(-c2noc(CCC(=O)N3CCN(c4nc5cccnc5s4)CC3)n2)cc1. The first-order chi connectivity index (χ1) is 15.7. The van der Waals surface area contributed by atoms with Crippen LogP contribution in [0.1, 0.15) is 12.3 Å². The van der Waals surface area contributed by atoms with Crippen molar-refractivity contribution in [1.82, 2.24) is 25.0 Å². The van der Waals surface area contributed by atoms with Crippen molar-refractivity contribution in [2.75, 3.05) is 38.2 Å². The first-order valence-corrected chi connectivity index (χ1v) is 11.2. The summed E-state index contributed by atoms with van der Waals surface area (Å²) < 4.78 is 10.5. The Labute approximate surface area is 188 Å². The molecule has 0 spiro atoms. The highest BCUT2D eigenvalue weighted by atomic mass is 32.1. The number of rotatable bonds is 6. The maximum atomic E-state index is 12.7. The van der Waals surface area contributed by atoms with Gasteiger partial charge in [0.15, 0.2) is 5.13 Å². The van der Waals surface area contributed by atoms with Crippen LogP contribution in [0.2, 0.25) is 0 Å². The van der Waals surface area contributed by atoms with Crippen molar-refractivity contribution < 1.29 is 14.1 Å². The second kappa shape index (κ2) is 8.91. The van der Waals surface area contributed by atoms with Gasteiger partial charge in [0.2, 0.25) is 17.6 Å². The highest BCUT2D eigenvalue weighted by Crippen LogP contribution is 2.27. The van der Waals surface area contributed by atoms with Gasteiger partial charge in [-0.25, -0.2) is 9.97 Å². The Morgan fingerprint density at radius 1 is 1.12 bits per heavy atom. The molecule has 10 heteroatoms. The number of piperazine rings is 1. The third-order valence-electron chi connectivity index (χ3n) is 5.43. The molecule has 0 aliphatic carbocycles. The Balaban J connectivity index is 1.13. The lowest BCUT2D eigenvalue weighted by Gasteiger charge is -2.34. The zero-order valence-corrected chi connectivity index (χ0v) is 18.4. The number of anilines is 1. The van der Waals surface area contributed by atoms with Crippen LogP contribution in [0.5, 0.6) is 5.75 Å². The molecule has 0 bridgehead atoms. The lowest BCUT2D eigenvalue weighted by atomic mass is 10.2. The largest absolute Gasteiger partial charge is 0.497 e. The number of thiazole rings is 1. The lowest BCUT2D eigenvalue weighted by Crippen LogP contribution is -2.48. The molecule has 9 nitrogen and oxygen atoms in total. The monoisotopic (exact) mass is 450 g/mol. The molecule has 164 valence electrons. The van der Waals surface area contributed by atoms with Crippen LogP contribution in [0.15, 0.2) is 47.1 Å². The third kappa shape index (κ3) is 4.26. The fourth-order valence-corrected chi connectivity index (χ4v) is 4.59. The predicted molar refractivity (Wildman–Crippen MR) is 121 cm³/mol. The number of hydrogen-bond donors (Lipinski definition) is 0. The molecule has 32 heavy (non-hydrogen) atoms. The third-order valence-corrected chi connectivity index (χ3v) is 6.47. The molecular formula is C22H22N6O3S. The second-order valence-electron chi connectivity index (χ2n) is 7.43. The number of fused-ring (bicyclic) bond motifs is 1. The summed E-state index contributed by atoms with van der Waals surface area (Å²) in [7, 11) is 1.62. The van der Waals surface area contributed by atoms with Gasteiger partial charge in [0.25, 0.3) is 0 Å². The molecule has 1 aliphatic rings. The molecule has 0 radical (unpaired) electrons. The van der Waals surface area contributed by atoms with Crippen molar-refractivity contribution >= 4 is 32.7 Å². The molecule has 4 heterocycles. The summed E-state index contributed by atoms with van der Waals surface area (Å²) in [4.78, 5) is 31.2. The molecule has 5 rings (SSSR count). The Kier molecular flexibility index (Phi) is 5.68. The van der Waals surface area contributed by atoms with Gasteiger partial charge in [0.1, 0.15) is 16.1 Å². The summed E-state index contributed by atoms with van der Waals surface area (Å²) in [6.45, 7) is 2.85. The van der Waals surface area contributed by atoms with E-state index >= 15 is 0 Å². The average Bonchev–Trinajstić information content (AvgIpc) is 3.50. The molecule has 1 saturated heterocycles. The predicted octanol–water partition coefficient (Wildman–Crippen LogP) is 3.03. The number of ether oxygens (including phenoxy) is 1. The van der Waals surface area contributed by atoms with Crippen molar-refractivity contribution in [2.45, 2.75) is 12.8 Å². The number of nitrogens with zero attached hydrogens (tertiary/aromatic N) is 6. The van der Waals surface area contributed by atoms with Crippen molar-refractivity contribution in [1.29, 1.82) is 0 Å². The summed E-state index contributed by atoms with van der Waals surface area (Å²) >= 11 is 1.59. The summed E-state index contributed by atoms with van der Waals surface area (Å²) in [6, 6.07) is 11.3. The topological polar surface area (TPSA) is 97.5 Å². The minimum Gasteiger partial charge on any atom is -0.497 e. The van der Waals surface area contributed by atoms with E-state index in [-0.39, 0.29) is 5.91 Å². The van der Waals surface area contributed by atoms with Crippen molar-refractivity contribution in [3.05, 3.63) is 48.5 Å². The summed E-state index contributed by atoms with van der Waals surface area (Å²) in [5.41, 5.74) is 1.76. The molecular weight excluding hydrogens is 428 g/mol. The minimum atomic E-state index is 0.0971. The molecule has 0 atom stereocenters. The van der Waals surface area contributed by atoms with Crippen LogP contribution >= 0.6 is 11.3 Å². The lowest BCUT2D eigenvalue weighted by molar-refractivity contribution is -0.131. The van der Waals surface area contributed by atoms with Gasteiger partial charge in [0, 0.05) is 50.8 Å². The molecule has 0 saturated carbocycles. The number of aryl methyl sites for hydroxylation is 1. The van der Waals surface area contributed by atoms with E-state index in [1.807, 2.05) is 41.3 Å². The normalized spacial score (nSPS) is 14.2. The van der Waals surface area contributed by atoms with Crippen LogP contribution in [0.3, 0.4) is 0 Å². The maximum Gasteiger partial charge on any atom is 0.227 e. The fraction of sp³-hybridized carbons (Fsp3) is 0.318. The van der Waals surface area contributed by atoms with Gasteiger partial charge in [-0.3, -0.25) is 4.79 Å². The molecule has 1 aliphatic heterocycles. The number of amides is 1. The number of carbonyl (C=O) groups is 1. The second-order valence-corrected chi connectivity index (χ2v) is 8.39. The number of hydrogen-bond acceptors (Lipinski definition) is 9. The number of methoxy groups -OCH3 is 1. The highest BCUT2D eigenvalue weighted by molar-refractivity contribution is 7.21. The van der Waals surface area contributed by atoms with Gasteiger partial charge in [-0.1, -0.05) is 16.5 Å². The van der Waals surface area contributed by atoms with Crippen molar-refractivity contribution in [2.24, 2.45) is 0 Å². The van der Waals surface area contributed by atoms with E-state index in [2.05, 4.69) is 25.0 Å². The van der Waals surface area contributed by atoms with E-state index in [4.69, 9.17) is 9.26 Å². The van der Waals surface area contributed by atoms with E-state index in [0.717, 1.165) is 39.9 Å². The van der Waals surface area contributed by atoms with Crippen molar-refractivity contribution in [3.8, 4) is 17.1 Å². The highest BCUT2D eigenvalue weighted by Gasteiger charge is 2.23. The van der Waals surface area contributed by atoms with Gasteiger partial charge < -0.3 is 19.1 Å². The van der Waals surface area contributed by atoms with Gasteiger partial charge in [-0.15, -0.1) is 0 Å². The van der Waals surface area contributed by atoms with E-state index in [0.29, 0.717) is 37.6 Å². The van der Waals surface area contributed by atoms with Gasteiger partial charge in [-0.2, -0.15) is 4.98 Å². The van der Waals surface area contributed by atoms with E-state index < -0.39 is 0 Å². The number of benzene rings is 1. The Morgan fingerprint density at radius 3 is 2.69 bits per heavy atom. The minimum absolute atomic E-state index is 0.0971. The van der Waals surface area contributed by atoms with Gasteiger partial charge in [0.05, 0.1) is 7.11 Å². The summed E-state index contributed by atoms with van der Waals surface area (Å²) in [5.74, 6) is 1.83. The number of aromatic nitrogens is 4. The summed E-state index contributed by atoms with van der Waals surface area (Å²) in [5, 5.41) is 4.99. The zero-order valence-electron chi connectivity index (χ0n) is 17.6. The van der Waals surface area contributed by atoms with Crippen LogP contribution in [0.25, 0.3) is 21.7 Å². The van der Waals surface area contributed by atoms with Crippen LogP contribution in [-0.4, -0.2) is 64.2 Å². The Morgan fingerprint density at radius 2 is 1.94 bits per heavy atom. The molecule has 0 unspecified atom stereocenters. The van der Waals surface area contributed by atoms with E-state index in [9.17, 15) is 4.79 Å². The standard InChI is InChI=1S/C22H22N6O3S/c1-30-16-6-4-15(5-7-16)20-25-18(31-26-20)8-9-19(29)27-11-13-28(14-12-27)22-24-17-3-2-10-23-21(17)32-22/h2-7,10H,8-9,11-14H2,1H3. The van der Waals surface area contributed by atoms with Gasteiger partial charge in [-0.05, 0) is 36.4 Å². The van der Waals surface area contributed by atoms with Crippen LogP contribution in [0, 0.1) is 0 Å². The molecule has 4 aromatic rings. The van der Waals surface area contributed by atoms with Gasteiger partial charge >= 0.3 is 0 Å². The first kappa shape index (κ1) is 20.4. The van der Waals surface area contributed by atoms with E-state index in [1.54, 1.807) is 24.6 Å². The molecule has 1 amide bonds. The zero-order chi connectivity index (χ0) is 21.9. The Hall–Kier alpha value is -3.53. The number of carbonyl (C=O) groups excluding carboxylic acids is 1. The maximum absolute atomic E-state index is 12.7. The number of pyridine rings is 1. The first-order valence-electron chi connectivity index (χ1n) is 10.4. The quantitative estimate of drug-likeness (QED) is 0.442. The Bertz CT molecular complexity index is 1180. The molecule has 1 aromatic carbocycles. The van der Waals surface area contributed by atoms with Crippen molar-refractivity contribution in [3.63, 3.8) is 0 Å². The van der Waals surface area contributed by atoms with E-state index in [1.165, 1.54) is 0 Å². The fourth-order valence-electron chi connectivity index (χ4n) is 3.63. The van der Waals surface area contributed by atoms with Crippen LogP contribution in [-0.2, 0) is 11.2 Å². The molecule has 0 N–H and O–H groups in total. The molecule has 1 fully saturated rings.